The van der Waals surface area contributed by atoms with Gasteiger partial charge in [0.25, 0.3) is 0 Å². The lowest BCUT2D eigenvalue weighted by molar-refractivity contribution is -0.140. The second kappa shape index (κ2) is 8.56. The van der Waals surface area contributed by atoms with E-state index < -0.39 is 0 Å². The van der Waals surface area contributed by atoms with E-state index in [0.29, 0.717) is 31.7 Å². The van der Waals surface area contributed by atoms with Crippen molar-refractivity contribution in [1.29, 1.82) is 5.26 Å². The maximum atomic E-state index is 11.3. The highest BCUT2D eigenvalue weighted by molar-refractivity contribution is 9.10. The van der Waals surface area contributed by atoms with Crippen LogP contribution in [0, 0.1) is 11.3 Å². The third-order valence-electron chi connectivity index (χ3n) is 2.82. The van der Waals surface area contributed by atoms with Crippen molar-refractivity contribution >= 4 is 27.6 Å². The summed E-state index contributed by atoms with van der Waals surface area (Å²) in [6, 6.07) is 7.57. The van der Waals surface area contributed by atoms with E-state index in [1.807, 2.05) is 17.0 Å². The number of carbonyl (C=O) groups is 1. The van der Waals surface area contributed by atoms with E-state index in [-0.39, 0.29) is 5.97 Å². The van der Waals surface area contributed by atoms with Crippen LogP contribution in [0.4, 0.5) is 5.69 Å². The summed E-state index contributed by atoms with van der Waals surface area (Å²) in [4.78, 5) is 13.3. The molecule has 0 bridgehead atoms. The molecule has 0 aliphatic rings. The lowest BCUT2D eigenvalue weighted by atomic mass is 10.2. The summed E-state index contributed by atoms with van der Waals surface area (Å²) in [5.41, 5.74) is 1.50. The van der Waals surface area contributed by atoms with Crippen LogP contribution in [0.1, 0.15) is 12.0 Å². The molecule has 0 saturated heterocycles. The summed E-state index contributed by atoms with van der Waals surface area (Å²) in [6.45, 7) is 1.75. The normalized spacial score (nSPS) is 9.90. The molecule has 0 amide bonds. The number of rotatable bonds is 7. The maximum Gasteiger partial charge on any atom is 0.307 e. The monoisotopic (exact) mass is 340 g/mol. The van der Waals surface area contributed by atoms with Crippen molar-refractivity contribution in [2.45, 2.75) is 6.42 Å². The van der Waals surface area contributed by atoms with Gasteiger partial charge in [-0.25, -0.2) is 0 Å². The summed E-state index contributed by atoms with van der Waals surface area (Å²) in [7, 11) is 3.01. The molecule has 6 heteroatoms. The molecule has 1 aromatic carbocycles. The topological polar surface area (TPSA) is 62.6 Å². The number of halogens is 1. The quantitative estimate of drug-likeness (QED) is 0.713. The number of hydrogen-bond donors (Lipinski definition) is 0. The number of carbonyl (C=O) groups excluding carboxylic acids is 1. The Hall–Kier alpha value is -1.58. The van der Waals surface area contributed by atoms with E-state index in [1.165, 1.54) is 7.11 Å². The average Bonchev–Trinajstić information content (AvgIpc) is 2.47. The second-order valence-electron chi connectivity index (χ2n) is 4.08. The summed E-state index contributed by atoms with van der Waals surface area (Å²) in [5, 5.41) is 8.92. The predicted octanol–water partition coefficient (Wildman–Crippen LogP) is 2.34. The fourth-order valence-corrected chi connectivity index (χ4v) is 2.15. The van der Waals surface area contributed by atoms with E-state index in [1.54, 1.807) is 13.2 Å². The van der Waals surface area contributed by atoms with Crippen LogP contribution in [-0.4, -0.2) is 39.9 Å². The Kier molecular flexibility index (Phi) is 7.05. The van der Waals surface area contributed by atoms with Gasteiger partial charge in [-0.2, -0.15) is 5.26 Å². The van der Waals surface area contributed by atoms with Gasteiger partial charge in [-0.05, 0) is 34.1 Å². The smallest absolute Gasteiger partial charge is 0.307 e. The molecule has 0 spiro atoms. The largest absolute Gasteiger partial charge is 0.469 e. The first-order chi connectivity index (χ1) is 9.62. The lowest BCUT2D eigenvalue weighted by Gasteiger charge is -2.24. The van der Waals surface area contributed by atoms with Crippen LogP contribution in [-0.2, 0) is 14.3 Å². The molecule has 0 aliphatic heterocycles. The van der Waals surface area contributed by atoms with Crippen molar-refractivity contribution in [3.05, 3.63) is 28.2 Å². The van der Waals surface area contributed by atoms with Crippen LogP contribution in [0.2, 0.25) is 0 Å². The van der Waals surface area contributed by atoms with Gasteiger partial charge in [0.2, 0.25) is 0 Å². The minimum atomic E-state index is -0.250. The van der Waals surface area contributed by atoms with E-state index in [9.17, 15) is 4.79 Å². The van der Waals surface area contributed by atoms with Crippen molar-refractivity contribution in [2.75, 3.05) is 38.8 Å². The average molecular weight is 341 g/mol. The van der Waals surface area contributed by atoms with E-state index in [4.69, 9.17) is 10.00 Å². The zero-order valence-corrected chi connectivity index (χ0v) is 13.1. The van der Waals surface area contributed by atoms with Crippen LogP contribution < -0.4 is 4.90 Å². The summed E-state index contributed by atoms with van der Waals surface area (Å²) >= 11 is 3.37. The first-order valence-corrected chi connectivity index (χ1v) is 6.92. The Labute approximate surface area is 127 Å². The minimum Gasteiger partial charge on any atom is -0.469 e. The van der Waals surface area contributed by atoms with Crippen LogP contribution in [0.15, 0.2) is 22.7 Å². The minimum absolute atomic E-state index is 0.250. The van der Waals surface area contributed by atoms with Gasteiger partial charge in [0.05, 0.1) is 25.7 Å². The number of hydrogen-bond acceptors (Lipinski definition) is 5. The van der Waals surface area contributed by atoms with Crippen molar-refractivity contribution in [1.82, 2.24) is 0 Å². The molecule has 0 aliphatic carbocycles. The molecule has 20 heavy (non-hydrogen) atoms. The molecule has 0 unspecified atom stereocenters. The van der Waals surface area contributed by atoms with Gasteiger partial charge in [0.1, 0.15) is 6.07 Å². The number of methoxy groups -OCH3 is 2. The SMILES string of the molecule is COCCN(CCC(=O)OC)c1ccc(C#N)c(Br)c1. The number of nitrogens with zero attached hydrogens (tertiary/aromatic N) is 2. The molecule has 0 aromatic heterocycles. The molecule has 1 rings (SSSR count). The van der Waals surface area contributed by atoms with Gasteiger partial charge in [-0.15, -0.1) is 0 Å². The Bertz CT molecular complexity index is 500. The van der Waals surface area contributed by atoms with Crippen LogP contribution >= 0.6 is 15.9 Å². The lowest BCUT2D eigenvalue weighted by Crippen LogP contribution is -2.29. The molecule has 0 fully saturated rings. The number of anilines is 1. The van der Waals surface area contributed by atoms with Gasteiger partial charge in [-0.1, -0.05) is 0 Å². The first kappa shape index (κ1) is 16.5. The molecule has 0 N–H and O–H groups in total. The highest BCUT2D eigenvalue weighted by atomic mass is 79.9. The standard InChI is InChI=1S/C14H17BrN2O3/c1-19-8-7-17(6-5-14(18)20-2)12-4-3-11(10-16)13(15)9-12/h3-4,9H,5-8H2,1-2H3. The number of esters is 1. The molecule has 0 radical (unpaired) electrons. The van der Waals surface area contributed by atoms with Crippen LogP contribution in [0.25, 0.3) is 0 Å². The predicted molar refractivity (Wildman–Crippen MR) is 79.6 cm³/mol. The molecule has 1 aromatic rings. The highest BCUT2D eigenvalue weighted by Crippen LogP contribution is 2.24. The summed E-state index contributed by atoms with van der Waals surface area (Å²) < 4.78 is 10.5. The molecule has 108 valence electrons. The zero-order valence-electron chi connectivity index (χ0n) is 11.6. The van der Waals surface area contributed by atoms with E-state index >= 15 is 0 Å². The number of benzene rings is 1. The first-order valence-electron chi connectivity index (χ1n) is 6.12. The Morgan fingerprint density at radius 3 is 2.70 bits per heavy atom. The number of ether oxygens (including phenoxy) is 2. The van der Waals surface area contributed by atoms with Gasteiger partial charge in [0.15, 0.2) is 0 Å². The van der Waals surface area contributed by atoms with Gasteiger partial charge >= 0.3 is 5.97 Å². The maximum absolute atomic E-state index is 11.3. The Morgan fingerprint density at radius 2 is 2.15 bits per heavy atom. The molecule has 0 atom stereocenters. The third kappa shape index (κ3) is 4.83. The molecular weight excluding hydrogens is 324 g/mol. The number of nitriles is 1. The molecule has 5 nitrogen and oxygen atoms in total. The molecular formula is C14H17BrN2O3. The third-order valence-corrected chi connectivity index (χ3v) is 3.47. The second-order valence-corrected chi connectivity index (χ2v) is 4.94. The van der Waals surface area contributed by atoms with E-state index in [2.05, 4.69) is 26.7 Å². The molecule has 0 saturated carbocycles. The van der Waals surface area contributed by atoms with Gasteiger partial charge in [0, 0.05) is 30.4 Å². The summed E-state index contributed by atoms with van der Waals surface area (Å²) in [5.74, 6) is -0.250. The van der Waals surface area contributed by atoms with E-state index in [0.717, 1.165) is 10.2 Å². The van der Waals surface area contributed by atoms with Crippen LogP contribution in [0.5, 0.6) is 0 Å². The van der Waals surface area contributed by atoms with Gasteiger partial charge < -0.3 is 14.4 Å². The zero-order chi connectivity index (χ0) is 15.0. The Balaban J connectivity index is 2.84. The van der Waals surface area contributed by atoms with Crippen LogP contribution in [0.3, 0.4) is 0 Å². The summed E-state index contributed by atoms with van der Waals surface area (Å²) in [6.07, 6.45) is 0.303. The fourth-order valence-electron chi connectivity index (χ4n) is 1.69. The van der Waals surface area contributed by atoms with Crippen molar-refractivity contribution in [2.24, 2.45) is 0 Å². The van der Waals surface area contributed by atoms with Crippen molar-refractivity contribution in [3.8, 4) is 6.07 Å². The van der Waals surface area contributed by atoms with Gasteiger partial charge in [-0.3, -0.25) is 4.79 Å². The van der Waals surface area contributed by atoms with Crippen molar-refractivity contribution in [3.63, 3.8) is 0 Å². The van der Waals surface area contributed by atoms with Crippen molar-refractivity contribution < 1.29 is 14.3 Å². The molecule has 0 heterocycles. The highest BCUT2D eigenvalue weighted by Gasteiger charge is 2.11. The Morgan fingerprint density at radius 1 is 1.40 bits per heavy atom. The fraction of sp³-hybridized carbons (Fsp3) is 0.429.